The maximum atomic E-state index is 12.4. The minimum atomic E-state index is -3.45. The molecule has 106 valence electrons. The number of nitrogens with zero attached hydrogens (tertiary/aromatic N) is 2. The highest BCUT2D eigenvalue weighted by molar-refractivity contribution is 7.86. The molecule has 1 aliphatic heterocycles. The molecule has 2 rings (SSSR count). The predicted octanol–water partition coefficient (Wildman–Crippen LogP) is 1.73. The molecule has 1 aromatic rings. The Morgan fingerprint density at radius 2 is 1.84 bits per heavy atom. The van der Waals surface area contributed by atoms with Crippen LogP contribution in [0.4, 0.5) is 0 Å². The molecule has 0 bridgehead atoms. The fourth-order valence-corrected chi connectivity index (χ4v) is 3.93. The van der Waals surface area contributed by atoms with E-state index in [4.69, 9.17) is 0 Å². The first-order valence-corrected chi connectivity index (χ1v) is 7.85. The number of phenolic OH excluding ortho intramolecular Hbond substituents is 1. The van der Waals surface area contributed by atoms with E-state index in [1.807, 2.05) is 0 Å². The summed E-state index contributed by atoms with van der Waals surface area (Å²) in [5.41, 5.74) is 0.618. The Labute approximate surface area is 114 Å². The van der Waals surface area contributed by atoms with Gasteiger partial charge in [0.2, 0.25) is 0 Å². The number of rotatable bonds is 4. The van der Waals surface area contributed by atoms with Gasteiger partial charge in [-0.2, -0.15) is 17.0 Å². The van der Waals surface area contributed by atoms with Gasteiger partial charge in [0.15, 0.2) is 0 Å². The summed E-state index contributed by atoms with van der Waals surface area (Å²) < 4.78 is 27.7. The van der Waals surface area contributed by atoms with Crippen LogP contribution < -0.4 is 0 Å². The van der Waals surface area contributed by atoms with Crippen LogP contribution in [-0.4, -0.2) is 42.3 Å². The van der Waals surface area contributed by atoms with Gasteiger partial charge in [-0.05, 0) is 25.8 Å². The number of phenols is 1. The molecular formula is C13H20N2O3S. The molecule has 0 aliphatic carbocycles. The van der Waals surface area contributed by atoms with Crippen LogP contribution in [0, 0.1) is 0 Å². The minimum Gasteiger partial charge on any atom is -0.508 e. The molecule has 1 N–H and O–H groups in total. The number of benzene rings is 1. The van der Waals surface area contributed by atoms with Crippen molar-refractivity contribution in [2.24, 2.45) is 0 Å². The average molecular weight is 284 g/mol. The lowest BCUT2D eigenvalue weighted by atomic mass is 10.1. The molecule has 0 saturated carbocycles. The monoisotopic (exact) mass is 284 g/mol. The first kappa shape index (κ1) is 14.3. The second kappa shape index (κ2) is 5.48. The van der Waals surface area contributed by atoms with E-state index in [-0.39, 0.29) is 5.75 Å². The lowest BCUT2D eigenvalue weighted by molar-refractivity contribution is 0.343. The summed E-state index contributed by atoms with van der Waals surface area (Å²) in [6.07, 6.45) is 1.83. The molecule has 1 aliphatic rings. The van der Waals surface area contributed by atoms with Crippen molar-refractivity contribution in [3.05, 3.63) is 29.8 Å². The Kier molecular flexibility index (Phi) is 4.13. The van der Waals surface area contributed by atoms with Gasteiger partial charge >= 0.3 is 0 Å². The van der Waals surface area contributed by atoms with Crippen LogP contribution in [-0.2, 0) is 10.2 Å². The number of para-hydroxylation sites is 1. The smallest absolute Gasteiger partial charge is 0.282 e. The van der Waals surface area contributed by atoms with Crippen LogP contribution in [0.25, 0.3) is 0 Å². The van der Waals surface area contributed by atoms with E-state index in [1.165, 1.54) is 8.61 Å². The van der Waals surface area contributed by atoms with Crippen molar-refractivity contribution in [2.75, 3.05) is 20.1 Å². The zero-order valence-corrected chi connectivity index (χ0v) is 12.1. The standard InChI is InChI=1S/C13H20N2O3S/c1-11(12-7-3-4-8-13(12)16)14(2)19(17,18)15-9-5-6-10-15/h3-4,7-8,11,16H,5-6,9-10H2,1-2H3. The van der Waals surface area contributed by atoms with Crippen molar-refractivity contribution < 1.29 is 13.5 Å². The summed E-state index contributed by atoms with van der Waals surface area (Å²) in [5, 5.41) is 9.83. The normalized spacial score (nSPS) is 18.9. The molecule has 0 aromatic heterocycles. The van der Waals surface area contributed by atoms with Crippen molar-refractivity contribution in [3.8, 4) is 5.75 Å². The van der Waals surface area contributed by atoms with E-state index in [9.17, 15) is 13.5 Å². The molecule has 0 amide bonds. The molecule has 1 aromatic carbocycles. The Morgan fingerprint density at radius 3 is 2.42 bits per heavy atom. The third-order valence-electron chi connectivity index (χ3n) is 3.69. The van der Waals surface area contributed by atoms with Crippen LogP contribution in [0.1, 0.15) is 31.4 Å². The molecule has 1 saturated heterocycles. The highest BCUT2D eigenvalue weighted by atomic mass is 32.2. The van der Waals surface area contributed by atoms with Crippen LogP contribution >= 0.6 is 0 Å². The topological polar surface area (TPSA) is 60.9 Å². The Morgan fingerprint density at radius 1 is 1.26 bits per heavy atom. The van der Waals surface area contributed by atoms with Crippen LogP contribution in [0.2, 0.25) is 0 Å². The molecule has 19 heavy (non-hydrogen) atoms. The molecule has 1 unspecified atom stereocenters. The van der Waals surface area contributed by atoms with E-state index in [0.717, 1.165) is 12.8 Å². The maximum Gasteiger partial charge on any atom is 0.282 e. The third kappa shape index (κ3) is 2.75. The zero-order valence-electron chi connectivity index (χ0n) is 11.3. The van der Waals surface area contributed by atoms with Crippen LogP contribution in [0.5, 0.6) is 5.75 Å². The highest BCUT2D eigenvalue weighted by Crippen LogP contribution is 2.30. The first-order valence-electron chi connectivity index (χ1n) is 6.45. The molecule has 1 heterocycles. The number of hydrogen-bond donors (Lipinski definition) is 1. The van der Waals surface area contributed by atoms with Gasteiger partial charge in [-0.3, -0.25) is 0 Å². The average Bonchev–Trinajstić information content (AvgIpc) is 2.92. The van der Waals surface area contributed by atoms with Crippen molar-refractivity contribution in [3.63, 3.8) is 0 Å². The van der Waals surface area contributed by atoms with Gasteiger partial charge in [-0.15, -0.1) is 0 Å². The largest absolute Gasteiger partial charge is 0.508 e. The van der Waals surface area contributed by atoms with E-state index in [0.29, 0.717) is 18.7 Å². The first-order chi connectivity index (χ1) is 8.94. The van der Waals surface area contributed by atoms with E-state index < -0.39 is 16.3 Å². The quantitative estimate of drug-likeness (QED) is 0.916. The fourth-order valence-electron chi connectivity index (χ4n) is 2.34. The summed E-state index contributed by atoms with van der Waals surface area (Å²) in [6, 6.07) is 6.44. The molecule has 1 atom stereocenters. The van der Waals surface area contributed by atoms with E-state index in [2.05, 4.69) is 0 Å². The Bertz CT molecular complexity index is 539. The van der Waals surface area contributed by atoms with Gasteiger partial charge in [-0.1, -0.05) is 18.2 Å². The fraction of sp³-hybridized carbons (Fsp3) is 0.538. The predicted molar refractivity (Wildman–Crippen MR) is 74.0 cm³/mol. The van der Waals surface area contributed by atoms with Crippen molar-refractivity contribution in [1.82, 2.24) is 8.61 Å². The van der Waals surface area contributed by atoms with Crippen LogP contribution in [0.15, 0.2) is 24.3 Å². The van der Waals surface area contributed by atoms with Gasteiger partial charge in [0, 0.05) is 25.7 Å². The van der Waals surface area contributed by atoms with Gasteiger partial charge in [0.25, 0.3) is 10.2 Å². The van der Waals surface area contributed by atoms with Crippen molar-refractivity contribution in [2.45, 2.75) is 25.8 Å². The summed E-state index contributed by atoms with van der Waals surface area (Å²) in [6.45, 7) is 2.95. The summed E-state index contributed by atoms with van der Waals surface area (Å²) >= 11 is 0. The van der Waals surface area contributed by atoms with Crippen molar-refractivity contribution in [1.29, 1.82) is 0 Å². The molecule has 5 nitrogen and oxygen atoms in total. The summed E-state index contributed by atoms with van der Waals surface area (Å²) in [7, 11) is -1.89. The summed E-state index contributed by atoms with van der Waals surface area (Å²) in [5.74, 6) is 0.124. The summed E-state index contributed by atoms with van der Waals surface area (Å²) in [4.78, 5) is 0. The van der Waals surface area contributed by atoms with Crippen molar-refractivity contribution >= 4 is 10.2 Å². The molecule has 0 radical (unpaired) electrons. The number of hydrogen-bond acceptors (Lipinski definition) is 3. The third-order valence-corrected chi connectivity index (χ3v) is 5.75. The Hall–Kier alpha value is -1.11. The van der Waals surface area contributed by atoms with Gasteiger partial charge in [-0.25, -0.2) is 0 Å². The lowest BCUT2D eigenvalue weighted by Gasteiger charge is -2.29. The second-order valence-electron chi connectivity index (χ2n) is 4.86. The molecule has 1 fully saturated rings. The zero-order chi connectivity index (χ0) is 14.0. The van der Waals surface area contributed by atoms with Crippen LogP contribution in [0.3, 0.4) is 0 Å². The van der Waals surface area contributed by atoms with E-state index in [1.54, 1.807) is 38.2 Å². The van der Waals surface area contributed by atoms with Gasteiger partial charge in [0.1, 0.15) is 5.75 Å². The Balaban J connectivity index is 2.24. The van der Waals surface area contributed by atoms with Gasteiger partial charge < -0.3 is 5.11 Å². The van der Waals surface area contributed by atoms with E-state index >= 15 is 0 Å². The molecular weight excluding hydrogens is 264 g/mol. The highest BCUT2D eigenvalue weighted by Gasteiger charge is 2.33. The number of aromatic hydroxyl groups is 1. The second-order valence-corrected chi connectivity index (χ2v) is 6.85. The lowest BCUT2D eigenvalue weighted by Crippen LogP contribution is -2.41. The molecule has 6 heteroatoms. The van der Waals surface area contributed by atoms with Gasteiger partial charge in [0.05, 0.1) is 6.04 Å². The molecule has 0 spiro atoms. The maximum absolute atomic E-state index is 12.4. The SMILES string of the molecule is CC(c1ccccc1O)N(C)S(=O)(=O)N1CCCC1. The minimum absolute atomic E-state index is 0.124.